The molecule has 0 aliphatic rings. The molecule has 1 atom stereocenters. The van der Waals surface area contributed by atoms with Crippen molar-refractivity contribution in [2.75, 3.05) is 6.61 Å². The molecular weight excluding hydrogens is 422 g/mol. The lowest BCUT2D eigenvalue weighted by atomic mass is 9.89. The second kappa shape index (κ2) is 9.21. The molecule has 0 radical (unpaired) electrons. The Morgan fingerprint density at radius 2 is 1.72 bits per heavy atom. The smallest absolute Gasteiger partial charge is 0.311 e. The summed E-state index contributed by atoms with van der Waals surface area (Å²) in [6, 6.07) is 13.8. The maximum absolute atomic E-state index is 12.6. The van der Waals surface area contributed by atoms with Crippen LogP contribution in [0.5, 0.6) is 0 Å². The fourth-order valence-corrected chi connectivity index (χ4v) is 3.80. The van der Waals surface area contributed by atoms with Crippen LogP contribution in [0.2, 0.25) is 5.02 Å². The van der Waals surface area contributed by atoms with Gasteiger partial charge in [0.15, 0.2) is 0 Å². The zero-order chi connectivity index (χ0) is 23.7. The summed E-state index contributed by atoms with van der Waals surface area (Å²) in [7, 11) is 0. The summed E-state index contributed by atoms with van der Waals surface area (Å²) in [5, 5.41) is 1.71. The summed E-state index contributed by atoms with van der Waals surface area (Å²) in [5.74, 6) is -0.260. The number of fused-ring (bicyclic) bond motifs is 1. The molecule has 0 aliphatic heterocycles. The third-order valence-corrected chi connectivity index (χ3v) is 5.32. The van der Waals surface area contributed by atoms with E-state index in [1.54, 1.807) is 6.20 Å². The minimum Gasteiger partial charge on any atom is -0.462 e. The first-order valence-electron chi connectivity index (χ1n) is 10.9. The molecule has 32 heavy (non-hydrogen) atoms. The number of benzene rings is 2. The summed E-state index contributed by atoms with van der Waals surface area (Å²) in [6.07, 6.45) is 1.33. The number of rotatable bonds is 5. The van der Waals surface area contributed by atoms with Gasteiger partial charge in [-0.05, 0) is 89.4 Å². The summed E-state index contributed by atoms with van der Waals surface area (Å²) < 4.78 is 12.2. The van der Waals surface area contributed by atoms with Crippen molar-refractivity contribution in [1.82, 2.24) is 4.98 Å². The van der Waals surface area contributed by atoms with Gasteiger partial charge in [0.05, 0.1) is 16.5 Å². The van der Waals surface area contributed by atoms with Gasteiger partial charge < -0.3 is 9.47 Å². The lowest BCUT2D eigenvalue weighted by molar-refractivity contribution is -0.162. The van der Waals surface area contributed by atoms with Crippen molar-refractivity contribution in [2.45, 2.75) is 60.2 Å². The van der Waals surface area contributed by atoms with E-state index in [-0.39, 0.29) is 12.6 Å². The fraction of sp³-hybridized carbons (Fsp3) is 0.407. The number of esters is 1. The molecule has 0 amide bonds. The Bertz CT molecular complexity index is 1110. The predicted octanol–water partition coefficient (Wildman–Crippen LogP) is 7.31. The van der Waals surface area contributed by atoms with Crippen LogP contribution in [0.15, 0.2) is 48.7 Å². The molecule has 170 valence electrons. The number of aryl methyl sites for hydroxylation is 1. The van der Waals surface area contributed by atoms with Crippen molar-refractivity contribution in [3.8, 4) is 11.1 Å². The maximum Gasteiger partial charge on any atom is 0.311 e. The fourth-order valence-electron chi connectivity index (χ4n) is 3.67. The van der Waals surface area contributed by atoms with E-state index in [1.807, 2.05) is 71.9 Å². The molecule has 0 spiro atoms. The molecule has 3 rings (SSSR count). The second-order valence-electron chi connectivity index (χ2n) is 10.1. The van der Waals surface area contributed by atoms with Crippen LogP contribution in [0.25, 0.3) is 22.0 Å². The largest absolute Gasteiger partial charge is 0.462 e. The first kappa shape index (κ1) is 24.2. The Balaban J connectivity index is 2.21. The van der Waals surface area contributed by atoms with Gasteiger partial charge in [-0.3, -0.25) is 9.78 Å². The molecule has 0 fully saturated rings. The third kappa shape index (κ3) is 5.67. The minimum atomic E-state index is -0.592. The first-order chi connectivity index (χ1) is 14.9. The Morgan fingerprint density at radius 1 is 1.06 bits per heavy atom. The predicted molar refractivity (Wildman–Crippen MR) is 131 cm³/mol. The highest BCUT2D eigenvalue weighted by atomic mass is 35.5. The van der Waals surface area contributed by atoms with E-state index in [0.717, 1.165) is 33.2 Å². The Kier molecular flexibility index (Phi) is 6.97. The minimum absolute atomic E-state index is 0.118. The molecule has 2 aromatic carbocycles. The normalized spacial score (nSPS) is 13.2. The van der Waals surface area contributed by atoms with E-state index in [4.69, 9.17) is 26.1 Å². The van der Waals surface area contributed by atoms with Gasteiger partial charge in [-0.2, -0.15) is 0 Å². The van der Waals surface area contributed by atoms with E-state index in [9.17, 15) is 4.79 Å². The van der Waals surface area contributed by atoms with Crippen LogP contribution < -0.4 is 0 Å². The van der Waals surface area contributed by atoms with Gasteiger partial charge >= 0.3 is 5.97 Å². The molecule has 0 saturated heterocycles. The summed E-state index contributed by atoms with van der Waals surface area (Å²) >= 11 is 6.17. The number of carbonyl (C=O) groups is 1. The molecule has 5 heteroatoms. The van der Waals surface area contributed by atoms with E-state index in [0.29, 0.717) is 5.02 Å². The van der Waals surface area contributed by atoms with E-state index >= 15 is 0 Å². The van der Waals surface area contributed by atoms with Crippen molar-refractivity contribution < 1.29 is 14.3 Å². The van der Waals surface area contributed by atoms with Crippen molar-refractivity contribution in [3.63, 3.8) is 0 Å². The molecular formula is C27H32ClNO3. The summed E-state index contributed by atoms with van der Waals surface area (Å²) in [4.78, 5) is 17.2. The van der Waals surface area contributed by atoms with E-state index < -0.39 is 17.1 Å². The Labute approximate surface area is 195 Å². The SMILES string of the molecule is Cc1cc2cccnc2c(-c2ccc(Cl)cc2)c1[C@H](COC(=O)C(C)(C)C)OC(C)(C)C. The summed E-state index contributed by atoms with van der Waals surface area (Å²) in [5.41, 5.74) is 3.82. The van der Waals surface area contributed by atoms with Crippen LogP contribution in [0.1, 0.15) is 58.8 Å². The molecule has 4 nitrogen and oxygen atoms in total. The van der Waals surface area contributed by atoms with E-state index in [2.05, 4.69) is 19.1 Å². The highest BCUT2D eigenvalue weighted by Crippen LogP contribution is 2.40. The van der Waals surface area contributed by atoms with Crippen molar-refractivity contribution >= 4 is 28.5 Å². The summed E-state index contributed by atoms with van der Waals surface area (Å²) in [6.45, 7) is 13.7. The maximum atomic E-state index is 12.6. The number of hydrogen-bond acceptors (Lipinski definition) is 4. The van der Waals surface area contributed by atoms with Gasteiger partial charge in [-0.25, -0.2) is 0 Å². The second-order valence-corrected chi connectivity index (χ2v) is 10.6. The number of nitrogens with zero attached hydrogens (tertiary/aromatic N) is 1. The first-order valence-corrected chi connectivity index (χ1v) is 11.2. The topological polar surface area (TPSA) is 48.4 Å². The average Bonchev–Trinajstić information content (AvgIpc) is 2.69. The molecule has 0 N–H and O–H groups in total. The average molecular weight is 454 g/mol. The van der Waals surface area contributed by atoms with Crippen LogP contribution in [0.3, 0.4) is 0 Å². The van der Waals surface area contributed by atoms with Gasteiger partial charge in [-0.15, -0.1) is 0 Å². The van der Waals surface area contributed by atoms with Crippen LogP contribution in [-0.2, 0) is 14.3 Å². The van der Waals surface area contributed by atoms with Gasteiger partial charge in [-0.1, -0.05) is 29.8 Å². The van der Waals surface area contributed by atoms with Gasteiger partial charge in [0.1, 0.15) is 12.7 Å². The van der Waals surface area contributed by atoms with Crippen LogP contribution in [-0.4, -0.2) is 23.2 Å². The number of aromatic nitrogens is 1. The van der Waals surface area contributed by atoms with Crippen molar-refractivity contribution in [1.29, 1.82) is 0 Å². The number of pyridine rings is 1. The van der Waals surface area contributed by atoms with Gasteiger partial charge in [0.2, 0.25) is 0 Å². The molecule has 3 aromatic rings. The molecule has 0 aliphatic carbocycles. The number of ether oxygens (including phenoxy) is 2. The zero-order valence-electron chi connectivity index (χ0n) is 20.0. The third-order valence-electron chi connectivity index (χ3n) is 5.07. The lowest BCUT2D eigenvalue weighted by Crippen LogP contribution is -2.30. The van der Waals surface area contributed by atoms with E-state index in [1.165, 1.54) is 0 Å². The van der Waals surface area contributed by atoms with Crippen molar-refractivity contribution in [3.05, 3.63) is 64.8 Å². The van der Waals surface area contributed by atoms with Gasteiger partial charge in [0, 0.05) is 22.2 Å². The monoisotopic (exact) mass is 453 g/mol. The van der Waals surface area contributed by atoms with Crippen molar-refractivity contribution in [2.24, 2.45) is 5.41 Å². The van der Waals surface area contributed by atoms with Gasteiger partial charge in [0.25, 0.3) is 0 Å². The van der Waals surface area contributed by atoms with Crippen LogP contribution in [0.4, 0.5) is 0 Å². The number of halogens is 1. The quantitative estimate of drug-likeness (QED) is 0.380. The molecule has 0 unspecified atom stereocenters. The standard InChI is InChI=1S/C27H32ClNO3/c1-17-15-19-9-8-14-29-24(19)23(18-10-12-20(28)13-11-18)22(17)21(32-27(5,6)7)16-31-25(30)26(2,3)4/h8-15,21H,16H2,1-7H3/t21-/m0/s1. The molecule has 0 bridgehead atoms. The highest BCUT2D eigenvalue weighted by Gasteiger charge is 2.30. The molecule has 1 aromatic heterocycles. The lowest BCUT2D eigenvalue weighted by Gasteiger charge is -2.31. The molecule has 1 heterocycles. The van der Waals surface area contributed by atoms with Crippen LogP contribution >= 0.6 is 11.6 Å². The number of hydrogen-bond donors (Lipinski definition) is 0. The highest BCUT2D eigenvalue weighted by molar-refractivity contribution is 6.30. The number of carbonyl (C=O) groups excluding carboxylic acids is 1. The Morgan fingerprint density at radius 3 is 2.31 bits per heavy atom. The zero-order valence-corrected chi connectivity index (χ0v) is 20.7. The molecule has 0 saturated carbocycles. The Hall–Kier alpha value is -2.43. The van der Waals surface area contributed by atoms with Crippen LogP contribution in [0, 0.1) is 12.3 Å².